The quantitative estimate of drug-likeness (QED) is 0.616. The van der Waals surface area contributed by atoms with Gasteiger partial charge < -0.3 is 23.5 Å². The standard InChI is InChI=1S/C24H32N2O4/c1-4-5-10-30-20-13-21-24-17(12-19(27-2)14-22(24)28-3)8-9-26(21)23(15-20)25-16-18-7-6-11-29-18/h12-15,18H,4-11,16H2,1-3H3/b25-23+. The van der Waals surface area contributed by atoms with Crippen molar-refractivity contribution in [1.82, 2.24) is 4.57 Å². The van der Waals surface area contributed by atoms with Crippen molar-refractivity contribution in [2.75, 3.05) is 34.0 Å². The highest BCUT2D eigenvalue weighted by Gasteiger charge is 2.23. The van der Waals surface area contributed by atoms with Gasteiger partial charge in [0.1, 0.15) is 22.7 Å². The fourth-order valence-electron chi connectivity index (χ4n) is 4.20. The van der Waals surface area contributed by atoms with Crippen molar-refractivity contribution in [2.45, 2.75) is 51.7 Å². The lowest BCUT2D eigenvalue weighted by molar-refractivity contribution is 0.117. The summed E-state index contributed by atoms with van der Waals surface area (Å²) in [6.45, 7) is 5.27. The van der Waals surface area contributed by atoms with Gasteiger partial charge in [0.2, 0.25) is 0 Å². The van der Waals surface area contributed by atoms with E-state index in [1.807, 2.05) is 6.07 Å². The molecule has 6 heteroatoms. The average Bonchev–Trinajstić information content (AvgIpc) is 3.30. The highest BCUT2D eigenvalue weighted by atomic mass is 16.5. The SMILES string of the molecule is CCCCOc1cc2n(/c(=N/CC3CCCO3)c1)CCc1cc(OC)cc(OC)c1-2. The van der Waals surface area contributed by atoms with Crippen molar-refractivity contribution < 1.29 is 18.9 Å². The lowest BCUT2D eigenvalue weighted by Gasteiger charge is -2.26. The van der Waals surface area contributed by atoms with Crippen LogP contribution < -0.4 is 19.7 Å². The second kappa shape index (κ2) is 9.56. The molecule has 2 aliphatic heterocycles. The van der Waals surface area contributed by atoms with E-state index >= 15 is 0 Å². The zero-order chi connectivity index (χ0) is 20.9. The molecule has 0 bridgehead atoms. The van der Waals surface area contributed by atoms with Gasteiger partial charge in [0.05, 0.1) is 39.2 Å². The number of hydrogen-bond donors (Lipinski definition) is 0. The third kappa shape index (κ3) is 4.33. The molecule has 1 aromatic heterocycles. The minimum Gasteiger partial charge on any atom is -0.497 e. The Balaban J connectivity index is 1.80. The monoisotopic (exact) mass is 412 g/mol. The molecule has 0 N–H and O–H groups in total. The maximum absolute atomic E-state index is 6.09. The molecule has 4 rings (SSSR count). The van der Waals surface area contributed by atoms with Crippen molar-refractivity contribution in [3.05, 3.63) is 35.3 Å². The molecule has 0 saturated carbocycles. The molecule has 0 spiro atoms. The van der Waals surface area contributed by atoms with Gasteiger partial charge in [-0.1, -0.05) is 13.3 Å². The molecule has 1 fully saturated rings. The number of hydrogen-bond acceptors (Lipinski definition) is 5. The number of ether oxygens (including phenoxy) is 4. The first-order valence-electron chi connectivity index (χ1n) is 11.0. The van der Waals surface area contributed by atoms with Gasteiger partial charge >= 0.3 is 0 Å². The highest BCUT2D eigenvalue weighted by molar-refractivity contribution is 5.75. The summed E-state index contributed by atoms with van der Waals surface area (Å²) in [5.41, 5.74) is 4.34. The summed E-state index contributed by atoms with van der Waals surface area (Å²) >= 11 is 0. The van der Waals surface area contributed by atoms with Gasteiger partial charge in [-0.2, -0.15) is 0 Å². The van der Waals surface area contributed by atoms with Crippen molar-refractivity contribution in [3.8, 4) is 28.5 Å². The number of nitrogens with zero attached hydrogens (tertiary/aromatic N) is 2. The van der Waals surface area contributed by atoms with Crippen LogP contribution in [0.25, 0.3) is 11.3 Å². The Morgan fingerprint density at radius 3 is 2.77 bits per heavy atom. The Kier molecular flexibility index (Phi) is 6.62. The predicted octanol–water partition coefficient (Wildman–Crippen LogP) is 3.99. The van der Waals surface area contributed by atoms with Crippen LogP contribution in [0.3, 0.4) is 0 Å². The van der Waals surface area contributed by atoms with Crippen molar-refractivity contribution in [3.63, 3.8) is 0 Å². The molecular formula is C24H32N2O4. The van der Waals surface area contributed by atoms with Gasteiger partial charge in [-0.3, -0.25) is 4.99 Å². The topological polar surface area (TPSA) is 54.2 Å². The van der Waals surface area contributed by atoms with Crippen LogP contribution in [0.15, 0.2) is 29.3 Å². The van der Waals surface area contributed by atoms with Crippen LogP contribution in [0.2, 0.25) is 0 Å². The summed E-state index contributed by atoms with van der Waals surface area (Å²) in [6, 6.07) is 8.24. The maximum atomic E-state index is 6.09. The molecule has 30 heavy (non-hydrogen) atoms. The number of benzene rings is 1. The molecule has 1 aromatic carbocycles. The van der Waals surface area contributed by atoms with E-state index in [9.17, 15) is 0 Å². The van der Waals surface area contributed by atoms with Gasteiger partial charge in [0.15, 0.2) is 0 Å². The molecule has 1 saturated heterocycles. The molecule has 1 atom stereocenters. The van der Waals surface area contributed by atoms with Crippen LogP contribution >= 0.6 is 0 Å². The molecule has 2 aliphatic rings. The molecule has 3 heterocycles. The largest absolute Gasteiger partial charge is 0.497 e. The van der Waals surface area contributed by atoms with Gasteiger partial charge in [-0.05, 0) is 37.3 Å². The summed E-state index contributed by atoms with van der Waals surface area (Å²) < 4.78 is 25.4. The molecule has 0 aliphatic carbocycles. The van der Waals surface area contributed by atoms with Crippen LogP contribution in [0, 0.1) is 0 Å². The predicted molar refractivity (Wildman–Crippen MR) is 116 cm³/mol. The minimum absolute atomic E-state index is 0.223. The minimum atomic E-state index is 0.223. The van der Waals surface area contributed by atoms with Gasteiger partial charge in [-0.25, -0.2) is 0 Å². The number of aromatic nitrogens is 1. The normalized spacial score (nSPS) is 18.1. The van der Waals surface area contributed by atoms with Crippen molar-refractivity contribution in [1.29, 1.82) is 0 Å². The number of unbranched alkanes of at least 4 members (excludes halogenated alkanes) is 1. The summed E-state index contributed by atoms with van der Waals surface area (Å²) in [6.07, 6.45) is 5.47. The van der Waals surface area contributed by atoms with E-state index < -0.39 is 0 Å². The Morgan fingerprint density at radius 1 is 1.13 bits per heavy atom. The number of pyridine rings is 1. The highest BCUT2D eigenvalue weighted by Crippen LogP contribution is 2.40. The van der Waals surface area contributed by atoms with Crippen LogP contribution in [0.5, 0.6) is 17.2 Å². The lowest BCUT2D eigenvalue weighted by atomic mass is 9.95. The fraction of sp³-hybridized carbons (Fsp3) is 0.542. The zero-order valence-electron chi connectivity index (χ0n) is 18.3. The molecule has 1 unspecified atom stereocenters. The van der Waals surface area contributed by atoms with Crippen LogP contribution in [0.1, 0.15) is 38.2 Å². The van der Waals surface area contributed by atoms with Crippen LogP contribution in [-0.2, 0) is 17.7 Å². The number of methoxy groups -OCH3 is 2. The van der Waals surface area contributed by atoms with E-state index in [1.165, 1.54) is 5.56 Å². The van der Waals surface area contributed by atoms with E-state index in [2.05, 4.69) is 29.7 Å². The fourth-order valence-corrected chi connectivity index (χ4v) is 4.20. The van der Waals surface area contributed by atoms with Crippen molar-refractivity contribution >= 4 is 0 Å². The van der Waals surface area contributed by atoms with Gasteiger partial charge in [0.25, 0.3) is 0 Å². The third-order valence-electron chi connectivity index (χ3n) is 5.84. The third-order valence-corrected chi connectivity index (χ3v) is 5.84. The van der Waals surface area contributed by atoms with E-state index in [1.54, 1.807) is 14.2 Å². The summed E-state index contributed by atoms with van der Waals surface area (Å²) in [4.78, 5) is 4.95. The van der Waals surface area contributed by atoms with Gasteiger partial charge in [0, 0.05) is 36.9 Å². The van der Waals surface area contributed by atoms with E-state index in [0.717, 1.165) is 79.2 Å². The number of fused-ring (bicyclic) bond motifs is 3. The molecule has 0 amide bonds. The second-order valence-electron chi connectivity index (χ2n) is 7.88. The molecular weight excluding hydrogens is 380 g/mol. The summed E-state index contributed by atoms with van der Waals surface area (Å²) in [5, 5.41) is 0. The Labute approximate surface area is 178 Å². The molecule has 162 valence electrons. The Hall–Kier alpha value is -2.47. The smallest absolute Gasteiger partial charge is 0.132 e. The molecule has 2 aromatic rings. The first-order valence-corrected chi connectivity index (χ1v) is 11.0. The maximum Gasteiger partial charge on any atom is 0.132 e. The van der Waals surface area contributed by atoms with E-state index in [-0.39, 0.29) is 6.10 Å². The van der Waals surface area contributed by atoms with Gasteiger partial charge in [-0.15, -0.1) is 0 Å². The molecule has 0 radical (unpaired) electrons. The first kappa shape index (κ1) is 20.8. The Bertz CT molecular complexity index is 928. The number of aryl methyl sites for hydroxylation is 1. The zero-order valence-corrected chi connectivity index (χ0v) is 18.3. The van der Waals surface area contributed by atoms with E-state index in [0.29, 0.717) is 13.2 Å². The second-order valence-corrected chi connectivity index (χ2v) is 7.88. The first-order chi connectivity index (χ1) is 14.7. The van der Waals surface area contributed by atoms with Crippen LogP contribution in [0.4, 0.5) is 0 Å². The Morgan fingerprint density at radius 2 is 2.03 bits per heavy atom. The van der Waals surface area contributed by atoms with Crippen LogP contribution in [-0.4, -0.2) is 44.6 Å². The van der Waals surface area contributed by atoms with E-state index in [4.69, 9.17) is 23.9 Å². The summed E-state index contributed by atoms with van der Waals surface area (Å²) in [7, 11) is 3.40. The average molecular weight is 413 g/mol. The summed E-state index contributed by atoms with van der Waals surface area (Å²) in [5.74, 6) is 2.48. The lowest BCUT2D eigenvalue weighted by Crippen LogP contribution is -2.28. The number of rotatable bonds is 8. The van der Waals surface area contributed by atoms with Crippen molar-refractivity contribution in [2.24, 2.45) is 4.99 Å². The molecule has 6 nitrogen and oxygen atoms in total.